The highest BCUT2D eigenvalue weighted by atomic mass is 16.5. The highest BCUT2D eigenvalue weighted by Crippen LogP contribution is 2.38. The first kappa shape index (κ1) is 32.2. The minimum atomic E-state index is -0.120. The van der Waals surface area contributed by atoms with Gasteiger partial charge in [-0.15, -0.1) is 6.58 Å². The van der Waals surface area contributed by atoms with Gasteiger partial charge in [0.05, 0.1) is 21.3 Å². The van der Waals surface area contributed by atoms with Gasteiger partial charge in [0.1, 0.15) is 0 Å². The number of hydrogen-bond acceptors (Lipinski definition) is 5. The van der Waals surface area contributed by atoms with Gasteiger partial charge in [-0.25, -0.2) is 0 Å². The summed E-state index contributed by atoms with van der Waals surface area (Å²) in [7, 11) is 6.36. The van der Waals surface area contributed by atoms with Gasteiger partial charge in [0.15, 0.2) is 11.5 Å². The molecule has 0 aliphatic rings. The van der Waals surface area contributed by atoms with E-state index < -0.39 is 0 Å². The SMILES string of the molecule is C=C(C)CCCNCc1ccccc1.COc1cc(C(=O)N(C)C/C(C)=C/c2ccccc2)cc(OC)c1OC. The molecule has 6 heteroatoms. The zero-order valence-electron chi connectivity index (χ0n) is 24.8. The summed E-state index contributed by atoms with van der Waals surface area (Å²) in [4.78, 5) is 14.5. The molecule has 40 heavy (non-hydrogen) atoms. The maximum absolute atomic E-state index is 12.8. The molecule has 1 N–H and O–H groups in total. The number of allylic oxidation sites excluding steroid dienone is 1. The zero-order valence-corrected chi connectivity index (χ0v) is 24.8. The molecule has 0 aliphatic heterocycles. The van der Waals surface area contributed by atoms with Crippen molar-refractivity contribution in [2.45, 2.75) is 33.2 Å². The first-order valence-electron chi connectivity index (χ1n) is 13.5. The molecule has 0 fully saturated rings. The molecule has 3 aromatic rings. The molecule has 0 aliphatic carbocycles. The number of hydrogen-bond donors (Lipinski definition) is 1. The topological polar surface area (TPSA) is 60.0 Å². The summed E-state index contributed by atoms with van der Waals surface area (Å²) in [6.07, 6.45) is 4.38. The summed E-state index contributed by atoms with van der Waals surface area (Å²) < 4.78 is 15.9. The third kappa shape index (κ3) is 11.0. The summed E-state index contributed by atoms with van der Waals surface area (Å²) >= 11 is 0. The van der Waals surface area contributed by atoms with E-state index in [0.717, 1.165) is 30.6 Å². The van der Waals surface area contributed by atoms with Gasteiger partial charge in [-0.3, -0.25) is 4.79 Å². The second kappa shape index (κ2) is 17.5. The number of nitrogens with zero attached hydrogens (tertiary/aromatic N) is 1. The van der Waals surface area contributed by atoms with Crippen LogP contribution in [0.3, 0.4) is 0 Å². The number of nitrogens with one attached hydrogen (secondary N) is 1. The summed E-state index contributed by atoms with van der Waals surface area (Å²) in [5.41, 5.74) is 5.29. The third-order valence-corrected chi connectivity index (χ3v) is 6.09. The predicted molar refractivity (Wildman–Crippen MR) is 165 cm³/mol. The maximum Gasteiger partial charge on any atom is 0.254 e. The fourth-order valence-corrected chi connectivity index (χ4v) is 4.09. The van der Waals surface area contributed by atoms with Gasteiger partial charge in [0.25, 0.3) is 5.91 Å². The van der Waals surface area contributed by atoms with Crippen molar-refractivity contribution in [3.8, 4) is 17.2 Å². The first-order chi connectivity index (χ1) is 19.3. The van der Waals surface area contributed by atoms with Crippen LogP contribution >= 0.6 is 0 Å². The van der Waals surface area contributed by atoms with Gasteiger partial charge in [0.2, 0.25) is 5.75 Å². The second-order valence-electron chi connectivity index (χ2n) is 9.70. The van der Waals surface area contributed by atoms with Crippen LogP contribution in [-0.4, -0.2) is 52.3 Å². The normalized spacial score (nSPS) is 10.7. The lowest BCUT2D eigenvalue weighted by atomic mass is 10.1. The van der Waals surface area contributed by atoms with Crippen molar-refractivity contribution in [1.82, 2.24) is 10.2 Å². The van der Waals surface area contributed by atoms with Crippen molar-refractivity contribution in [3.63, 3.8) is 0 Å². The van der Waals surface area contributed by atoms with E-state index in [9.17, 15) is 4.79 Å². The Morgan fingerprint density at radius 1 is 0.900 bits per heavy atom. The Labute approximate surface area is 240 Å². The summed E-state index contributed by atoms with van der Waals surface area (Å²) in [5, 5.41) is 3.42. The minimum Gasteiger partial charge on any atom is -0.493 e. The molecule has 0 saturated carbocycles. The molecule has 3 rings (SSSR count). The molecule has 1 amide bonds. The number of methoxy groups -OCH3 is 3. The maximum atomic E-state index is 12.8. The summed E-state index contributed by atoms with van der Waals surface area (Å²) in [6, 6.07) is 23.8. The predicted octanol–water partition coefficient (Wildman–Crippen LogP) is 7.02. The number of carbonyl (C=O) groups is 1. The average Bonchev–Trinajstić information content (AvgIpc) is 2.96. The Balaban J connectivity index is 0.000000337. The van der Waals surface area contributed by atoms with Crippen LogP contribution in [0.25, 0.3) is 6.08 Å². The zero-order chi connectivity index (χ0) is 29.3. The molecular formula is C34H44N2O4. The van der Waals surface area contributed by atoms with Gasteiger partial charge in [-0.1, -0.05) is 77.9 Å². The quantitative estimate of drug-likeness (QED) is 0.185. The molecule has 3 aromatic carbocycles. The number of likely N-dealkylation sites (N-methyl/N-ethyl adjacent to an activating group) is 1. The fourth-order valence-electron chi connectivity index (χ4n) is 4.09. The molecular weight excluding hydrogens is 500 g/mol. The van der Waals surface area contributed by atoms with E-state index in [0.29, 0.717) is 29.4 Å². The standard InChI is InChI=1S/C21H25NO4.C13H19N/c1-15(11-16-9-7-6-8-10-16)14-22(2)21(23)17-12-18(24-3)20(26-5)19(13-17)25-4;1-12(2)7-6-10-14-11-13-8-4-3-5-9-13/h6-13H,14H2,1-5H3;3-5,8-9,14H,1,6-7,10-11H2,2H3/b15-11+;. The molecule has 6 nitrogen and oxygen atoms in total. The fraction of sp³-hybridized carbons (Fsp3) is 0.324. The van der Waals surface area contributed by atoms with Crippen molar-refractivity contribution in [2.24, 2.45) is 0 Å². The largest absolute Gasteiger partial charge is 0.493 e. The monoisotopic (exact) mass is 544 g/mol. The van der Waals surface area contributed by atoms with Crippen LogP contribution in [0.4, 0.5) is 0 Å². The van der Waals surface area contributed by atoms with Crippen LogP contribution in [0.5, 0.6) is 17.2 Å². The van der Waals surface area contributed by atoms with Gasteiger partial charge < -0.3 is 24.4 Å². The smallest absolute Gasteiger partial charge is 0.254 e. The number of ether oxygens (including phenoxy) is 3. The van der Waals surface area contributed by atoms with Crippen molar-refractivity contribution >= 4 is 12.0 Å². The summed E-state index contributed by atoms with van der Waals surface area (Å²) in [5.74, 6) is 1.26. The average molecular weight is 545 g/mol. The molecule has 0 unspecified atom stereocenters. The van der Waals surface area contributed by atoms with Crippen molar-refractivity contribution in [1.29, 1.82) is 0 Å². The van der Waals surface area contributed by atoms with E-state index in [1.54, 1.807) is 24.1 Å². The third-order valence-electron chi connectivity index (χ3n) is 6.09. The highest BCUT2D eigenvalue weighted by Gasteiger charge is 2.19. The second-order valence-corrected chi connectivity index (χ2v) is 9.70. The van der Waals surface area contributed by atoms with Gasteiger partial charge in [0, 0.05) is 25.7 Å². The van der Waals surface area contributed by atoms with Crippen molar-refractivity contribution in [3.05, 3.63) is 107 Å². The molecule has 214 valence electrons. The van der Waals surface area contributed by atoms with E-state index in [-0.39, 0.29) is 5.91 Å². The van der Waals surface area contributed by atoms with Crippen LogP contribution < -0.4 is 19.5 Å². The highest BCUT2D eigenvalue weighted by molar-refractivity contribution is 5.95. The molecule has 0 bridgehead atoms. The molecule has 0 aromatic heterocycles. The number of benzene rings is 3. The Hall–Kier alpha value is -4.03. The Bertz CT molecular complexity index is 1200. The minimum absolute atomic E-state index is 0.120. The Morgan fingerprint density at radius 2 is 1.48 bits per heavy atom. The van der Waals surface area contributed by atoms with Crippen molar-refractivity contribution < 1.29 is 19.0 Å². The van der Waals surface area contributed by atoms with Crippen LogP contribution in [-0.2, 0) is 6.54 Å². The number of carbonyl (C=O) groups excluding carboxylic acids is 1. The van der Waals surface area contributed by atoms with Gasteiger partial charge in [-0.2, -0.15) is 0 Å². The molecule has 0 atom stereocenters. The summed E-state index contributed by atoms with van der Waals surface area (Å²) in [6.45, 7) is 10.5. The lowest BCUT2D eigenvalue weighted by Crippen LogP contribution is -2.28. The van der Waals surface area contributed by atoms with Crippen LogP contribution in [0, 0.1) is 0 Å². The molecule has 0 saturated heterocycles. The van der Waals surface area contributed by atoms with E-state index >= 15 is 0 Å². The first-order valence-corrected chi connectivity index (χ1v) is 13.5. The van der Waals surface area contributed by atoms with Crippen molar-refractivity contribution in [2.75, 3.05) is 41.5 Å². The Kier molecular flexibility index (Phi) is 14.1. The molecule has 0 spiro atoms. The number of amides is 1. The van der Waals surface area contributed by atoms with E-state index in [2.05, 4.69) is 49.2 Å². The van der Waals surface area contributed by atoms with Crippen LogP contribution in [0.15, 0.2) is 90.5 Å². The lowest BCUT2D eigenvalue weighted by molar-refractivity contribution is 0.0806. The van der Waals surface area contributed by atoms with Crippen LogP contribution in [0.1, 0.15) is 48.2 Å². The number of rotatable bonds is 13. The van der Waals surface area contributed by atoms with Gasteiger partial charge in [-0.05, 0) is 56.5 Å². The van der Waals surface area contributed by atoms with Crippen LogP contribution in [0.2, 0.25) is 0 Å². The van der Waals surface area contributed by atoms with E-state index in [1.165, 1.54) is 38.9 Å². The van der Waals surface area contributed by atoms with E-state index in [4.69, 9.17) is 14.2 Å². The van der Waals surface area contributed by atoms with Gasteiger partial charge >= 0.3 is 0 Å². The van der Waals surface area contributed by atoms with E-state index in [1.807, 2.05) is 43.3 Å². The Morgan fingerprint density at radius 3 is 2.00 bits per heavy atom. The molecule has 0 radical (unpaired) electrons. The molecule has 0 heterocycles. The lowest BCUT2D eigenvalue weighted by Gasteiger charge is -2.20.